The molecule has 0 amide bonds. The summed E-state index contributed by atoms with van der Waals surface area (Å²) in [5.74, 6) is -0.886. The predicted octanol–water partition coefficient (Wildman–Crippen LogP) is 2.87. The van der Waals surface area contributed by atoms with Gasteiger partial charge < -0.3 is 5.11 Å². The number of allylic oxidation sites excluding steroid dienone is 1. The number of carboxylic acids is 1. The zero-order valence-corrected chi connectivity index (χ0v) is 8.45. The molecular formula is C12H14O2. The summed E-state index contributed by atoms with van der Waals surface area (Å²) in [6.45, 7) is 3.95. The quantitative estimate of drug-likeness (QED) is 0.744. The van der Waals surface area contributed by atoms with Crippen molar-refractivity contribution in [3.8, 4) is 0 Å². The molecule has 1 aromatic rings. The lowest BCUT2D eigenvalue weighted by Crippen LogP contribution is -1.92. The lowest BCUT2D eigenvalue weighted by atomic mass is 10.0. The molecule has 1 rings (SSSR count). The van der Waals surface area contributed by atoms with Crippen molar-refractivity contribution in [2.75, 3.05) is 0 Å². The van der Waals surface area contributed by atoms with Crippen molar-refractivity contribution >= 4 is 11.5 Å². The van der Waals surface area contributed by atoms with Gasteiger partial charge in [-0.3, -0.25) is 0 Å². The molecule has 2 heteroatoms. The highest BCUT2D eigenvalue weighted by Crippen LogP contribution is 2.18. The third-order valence-corrected chi connectivity index (χ3v) is 2.07. The molecule has 2 nitrogen and oxygen atoms in total. The molecule has 0 unspecified atom stereocenters. The molecule has 0 fully saturated rings. The fraction of sp³-hybridized carbons (Fsp3) is 0.250. The third-order valence-electron chi connectivity index (χ3n) is 2.07. The summed E-state index contributed by atoms with van der Waals surface area (Å²) in [4.78, 5) is 10.6. The first-order valence-electron chi connectivity index (χ1n) is 4.64. The van der Waals surface area contributed by atoms with Crippen LogP contribution in [0.2, 0.25) is 0 Å². The average Bonchev–Trinajstić information content (AvgIpc) is 2.14. The Labute approximate surface area is 83.9 Å². The zero-order valence-electron chi connectivity index (χ0n) is 8.45. The Bertz CT molecular complexity index is 364. The highest BCUT2D eigenvalue weighted by Gasteiger charge is 2.01. The minimum absolute atomic E-state index is 0.732. The number of aliphatic carboxylic acids is 1. The number of carbonyl (C=O) groups is 1. The molecular weight excluding hydrogens is 176 g/mol. The van der Waals surface area contributed by atoms with E-state index < -0.39 is 5.97 Å². The van der Waals surface area contributed by atoms with Gasteiger partial charge in [0.15, 0.2) is 0 Å². The van der Waals surface area contributed by atoms with E-state index in [1.54, 1.807) is 0 Å². The molecule has 0 aromatic heterocycles. The van der Waals surface area contributed by atoms with E-state index in [1.165, 1.54) is 6.08 Å². The zero-order chi connectivity index (χ0) is 10.6. The largest absolute Gasteiger partial charge is 0.478 e. The van der Waals surface area contributed by atoms with Gasteiger partial charge in [0.2, 0.25) is 0 Å². The lowest BCUT2D eigenvalue weighted by molar-refractivity contribution is -0.131. The van der Waals surface area contributed by atoms with Crippen LogP contribution in [-0.4, -0.2) is 11.1 Å². The minimum atomic E-state index is -0.886. The van der Waals surface area contributed by atoms with Gasteiger partial charge in [0, 0.05) is 6.08 Å². The van der Waals surface area contributed by atoms with E-state index in [4.69, 9.17) is 5.11 Å². The van der Waals surface area contributed by atoms with Crippen molar-refractivity contribution in [3.05, 3.63) is 41.5 Å². The Kier molecular flexibility index (Phi) is 3.46. The highest BCUT2D eigenvalue weighted by atomic mass is 16.4. The van der Waals surface area contributed by atoms with E-state index in [-0.39, 0.29) is 0 Å². The second kappa shape index (κ2) is 4.61. The van der Waals surface area contributed by atoms with Crippen molar-refractivity contribution in [2.24, 2.45) is 0 Å². The third kappa shape index (κ3) is 2.73. The number of benzene rings is 1. The lowest BCUT2D eigenvalue weighted by Gasteiger charge is -2.04. The van der Waals surface area contributed by atoms with Gasteiger partial charge in [0.25, 0.3) is 0 Å². The average molecular weight is 190 g/mol. The van der Waals surface area contributed by atoms with Crippen LogP contribution in [0.25, 0.3) is 5.57 Å². The smallest absolute Gasteiger partial charge is 0.328 e. The summed E-state index contributed by atoms with van der Waals surface area (Å²) >= 11 is 0. The Hall–Kier alpha value is -1.57. The second-order valence-electron chi connectivity index (χ2n) is 3.23. The Balaban J connectivity index is 3.07. The standard InChI is InChI=1S/C12H14O2/c1-3-10(8-12(13)14)11-6-4-5-9(2)7-11/h4-8H,3H2,1-2H3,(H,13,14)/b10-8-. The number of hydrogen-bond acceptors (Lipinski definition) is 1. The summed E-state index contributed by atoms with van der Waals surface area (Å²) in [7, 11) is 0. The van der Waals surface area contributed by atoms with Gasteiger partial charge in [-0.1, -0.05) is 36.8 Å². The molecule has 0 spiro atoms. The van der Waals surface area contributed by atoms with Crippen LogP contribution in [0.4, 0.5) is 0 Å². The normalized spacial score (nSPS) is 11.4. The van der Waals surface area contributed by atoms with E-state index >= 15 is 0 Å². The van der Waals surface area contributed by atoms with Gasteiger partial charge in [-0.25, -0.2) is 4.79 Å². The van der Waals surface area contributed by atoms with Gasteiger partial charge in [-0.05, 0) is 24.5 Å². The Morgan fingerprint density at radius 2 is 2.21 bits per heavy atom. The first-order chi connectivity index (χ1) is 6.63. The van der Waals surface area contributed by atoms with Crippen LogP contribution in [0.15, 0.2) is 30.3 Å². The van der Waals surface area contributed by atoms with Gasteiger partial charge in [-0.15, -0.1) is 0 Å². The summed E-state index contributed by atoms with van der Waals surface area (Å²) in [5, 5.41) is 8.67. The molecule has 0 aliphatic heterocycles. The Morgan fingerprint density at radius 1 is 1.50 bits per heavy atom. The van der Waals surface area contributed by atoms with Gasteiger partial charge in [-0.2, -0.15) is 0 Å². The highest BCUT2D eigenvalue weighted by molar-refractivity contribution is 5.90. The summed E-state index contributed by atoms with van der Waals surface area (Å²) in [6, 6.07) is 7.87. The van der Waals surface area contributed by atoms with Crippen LogP contribution in [0.3, 0.4) is 0 Å². The number of rotatable bonds is 3. The molecule has 0 saturated heterocycles. The van der Waals surface area contributed by atoms with Crippen LogP contribution in [0.1, 0.15) is 24.5 Å². The molecule has 1 N–H and O–H groups in total. The van der Waals surface area contributed by atoms with Crippen molar-refractivity contribution in [3.63, 3.8) is 0 Å². The molecule has 0 bridgehead atoms. The fourth-order valence-corrected chi connectivity index (χ4v) is 1.38. The van der Waals surface area contributed by atoms with Gasteiger partial charge in [0.05, 0.1) is 0 Å². The predicted molar refractivity (Wildman–Crippen MR) is 57.1 cm³/mol. The molecule has 0 atom stereocenters. The fourth-order valence-electron chi connectivity index (χ4n) is 1.38. The summed E-state index contributed by atoms with van der Waals surface area (Å²) < 4.78 is 0. The molecule has 14 heavy (non-hydrogen) atoms. The van der Waals surface area contributed by atoms with Crippen LogP contribution in [-0.2, 0) is 4.79 Å². The van der Waals surface area contributed by atoms with E-state index in [0.717, 1.165) is 23.1 Å². The maximum absolute atomic E-state index is 10.6. The van der Waals surface area contributed by atoms with Crippen molar-refractivity contribution < 1.29 is 9.90 Å². The first-order valence-corrected chi connectivity index (χ1v) is 4.64. The first kappa shape index (κ1) is 10.5. The maximum atomic E-state index is 10.6. The summed E-state index contributed by atoms with van der Waals surface area (Å²) in [5.41, 5.74) is 3.00. The SMILES string of the molecule is CC/C(=C/C(=O)O)c1cccc(C)c1. The maximum Gasteiger partial charge on any atom is 0.328 e. The monoisotopic (exact) mass is 190 g/mol. The molecule has 0 aliphatic rings. The van der Waals surface area contributed by atoms with Gasteiger partial charge >= 0.3 is 5.97 Å². The summed E-state index contributed by atoms with van der Waals surface area (Å²) in [6.07, 6.45) is 2.00. The van der Waals surface area contributed by atoms with Crippen molar-refractivity contribution in [2.45, 2.75) is 20.3 Å². The van der Waals surface area contributed by atoms with Crippen LogP contribution < -0.4 is 0 Å². The molecule has 0 saturated carbocycles. The van der Waals surface area contributed by atoms with Crippen LogP contribution >= 0.6 is 0 Å². The van der Waals surface area contributed by atoms with Gasteiger partial charge in [0.1, 0.15) is 0 Å². The molecule has 0 aliphatic carbocycles. The molecule has 74 valence electrons. The number of carboxylic acid groups (broad SMARTS) is 1. The molecule has 1 aromatic carbocycles. The molecule has 0 heterocycles. The topological polar surface area (TPSA) is 37.3 Å². The van der Waals surface area contributed by atoms with E-state index in [0.29, 0.717) is 0 Å². The number of aryl methyl sites for hydroxylation is 1. The van der Waals surface area contributed by atoms with Crippen molar-refractivity contribution in [1.29, 1.82) is 0 Å². The van der Waals surface area contributed by atoms with E-state index in [9.17, 15) is 4.79 Å². The Morgan fingerprint density at radius 3 is 2.71 bits per heavy atom. The number of hydrogen-bond donors (Lipinski definition) is 1. The van der Waals surface area contributed by atoms with Crippen LogP contribution in [0.5, 0.6) is 0 Å². The van der Waals surface area contributed by atoms with Crippen molar-refractivity contribution in [1.82, 2.24) is 0 Å². The molecule has 0 radical (unpaired) electrons. The van der Waals surface area contributed by atoms with Crippen LogP contribution in [0, 0.1) is 6.92 Å². The minimum Gasteiger partial charge on any atom is -0.478 e. The van der Waals surface area contributed by atoms with E-state index in [2.05, 4.69) is 0 Å². The van der Waals surface area contributed by atoms with E-state index in [1.807, 2.05) is 38.1 Å². The second-order valence-corrected chi connectivity index (χ2v) is 3.23.